The molecule has 0 saturated carbocycles. The van der Waals surface area contributed by atoms with E-state index in [-0.39, 0.29) is 11.9 Å². The maximum absolute atomic E-state index is 12.0. The van der Waals surface area contributed by atoms with Crippen molar-refractivity contribution < 1.29 is 4.79 Å². The fourth-order valence-electron chi connectivity index (χ4n) is 2.76. The summed E-state index contributed by atoms with van der Waals surface area (Å²) in [6.07, 6.45) is 9.45. The maximum atomic E-state index is 12.0. The molecular formula is C12H12ClNO. The molecule has 3 aliphatic rings. The Kier molecular flexibility index (Phi) is 1.99. The van der Waals surface area contributed by atoms with Crippen LogP contribution in [0.15, 0.2) is 35.5 Å². The van der Waals surface area contributed by atoms with Crippen LogP contribution in [0.5, 0.6) is 0 Å². The average Bonchev–Trinajstić information content (AvgIpc) is 2.69. The molecule has 78 valence electrons. The highest BCUT2D eigenvalue weighted by atomic mass is 35.5. The van der Waals surface area contributed by atoms with Gasteiger partial charge in [0.05, 0.1) is 11.9 Å². The van der Waals surface area contributed by atoms with Crippen LogP contribution < -0.4 is 0 Å². The van der Waals surface area contributed by atoms with Gasteiger partial charge in [-0.15, -0.1) is 11.6 Å². The molecule has 0 aromatic carbocycles. The van der Waals surface area contributed by atoms with Crippen LogP contribution in [0.1, 0.15) is 6.42 Å². The monoisotopic (exact) mass is 221 g/mol. The Bertz CT molecular complexity index is 408. The van der Waals surface area contributed by atoms with Crippen LogP contribution in [0.2, 0.25) is 0 Å². The van der Waals surface area contributed by atoms with E-state index in [1.165, 1.54) is 5.57 Å². The second kappa shape index (κ2) is 3.24. The van der Waals surface area contributed by atoms with E-state index in [9.17, 15) is 4.79 Å². The summed E-state index contributed by atoms with van der Waals surface area (Å²) in [6, 6.07) is 0.287. The van der Waals surface area contributed by atoms with Crippen LogP contribution in [0.4, 0.5) is 0 Å². The van der Waals surface area contributed by atoms with Crippen LogP contribution in [-0.2, 0) is 4.79 Å². The number of carbonyl (C=O) groups excluding carboxylic acids is 1. The number of hydrogen-bond donors (Lipinski definition) is 0. The van der Waals surface area contributed by atoms with Crippen molar-refractivity contribution in [3.05, 3.63) is 35.5 Å². The summed E-state index contributed by atoms with van der Waals surface area (Å²) >= 11 is 5.78. The SMILES string of the molecule is O=C1C(CCl)=CC2=CC=CC3CCN1C23. The van der Waals surface area contributed by atoms with Gasteiger partial charge in [-0.3, -0.25) is 4.79 Å². The maximum Gasteiger partial charge on any atom is 0.251 e. The van der Waals surface area contributed by atoms with Crippen LogP contribution in [-0.4, -0.2) is 29.3 Å². The molecule has 0 N–H and O–H groups in total. The van der Waals surface area contributed by atoms with Crippen molar-refractivity contribution in [1.29, 1.82) is 0 Å². The largest absolute Gasteiger partial charge is 0.331 e. The molecule has 1 amide bonds. The number of halogens is 1. The number of amides is 1. The summed E-state index contributed by atoms with van der Waals surface area (Å²) in [5.74, 6) is 0.959. The number of allylic oxidation sites excluding steroid dienone is 2. The minimum absolute atomic E-state index is 0.130. The van der Waals surface area contributed by atoms with Gasteiger partial charge < -0.3 is 4.90 Å². The van der Waals surface area contributed by atoms with Crippen LogP contribution in [0, 0.1) is 5.92 Å². The lowest BCUT2D eigenvalue weighted by Gasteiger charge is -2.34. The molecule has 2 nitrogen and oxygen atoms in total. The van der Waals surface area contributed by atoms with Crippen molar-refractivity contribution in [2.24, 2.45) is 5.92 Å². The molecule has 0 spiro atoms. The molecule has 2 unspecified atom stereocenters. The smallest absolute Gasteiger partial charge is 0.251 e. The molecule has 3 rings (SSSR count). The first-order chi connectivity index (χ1) is 7.31. The summed E-state index contributed by atoms with van der Waals surface area (Å²) in [5.41, 5.74) is 1.98. The summed E-state index contributed by atoms with van der Waals surface area (Å²) in [7, 11) is 0. The number of alkyl halides is 1. The van der Waals surface area contributed by atoms with E-state index in [2.05, 4.69) is 18.2 Å². The molecule has 2 heterocycles. The van der Waals surface area contributed by atoms with E-state index < -0.39 is 0 Å². The molecule has 0 radical (unpaired) electrons. The topological polar surface area (TPSA) is 20.3 Å². The molecule has 0 aromatic rings. The lowest BCUT2D eigenvalue weighted by atomic mass is 9.86. The van der Waals surface area contributed by atoms with E-state index in [1.807, 2.05) is 11.0 Å². The Morgan fingerprint density at radius 2 is 2.40 bits per heavy atom. The summed E-state index contributed by atoms with van der Waals surface area (Å²) in [6.45, 7) is 0.865. The summed E-state index contributed by atoms with van der Waals surface area (Å²) in [4.78, 5) is 14.0. The predicted octanol–water partition coefficient (Wildman–Crippen LogP) is 1.88. The normalized spacial score (nSPS) is 32.6. The van der Waals surface area contributed by atoms with Gasteiger partial charge in [0.2, 0.25) is 0 Å². The molecule has 1 fully saturated rings. The summed E-state index contributed by atoms with van der Waals surface area (Å²) < 4.78 is 0. The van der Waals surface area contributed by atoms with Crippen molar-refractivity contribution in [2.75, 3.05) is 12.4 Å². The zero-order chi connectivity index (χ0) is 10.4. The van der Waals surface area contributed by atoms with E-state index in [1.54, 1.807) is 0 Å². The van der Waals surface area contributed by atoms with Gasteiger partial charge in [-0.1, -0.05) is 18.2 Å². The third kappa shape index (κ3) is 1.21. The predicted molar refractivity (Wildman–Crippen MR) is 59.6 cm³/mol. The minimum atomic E-state index is 0.130. The van der Waals surface area contributed by atoms with Crippen molar-refractivity contribution in [3.63, 3.8) is 0 Å². The first-order valence-electron chi connectivity index (χ1n) is 5.27. The second-order valence-electron chi connectivity index (χ2n) is 4.25. The van der Waals surface area contributed by atoms with Crippen LogP contribution >= 0.6 is 11.6 Å². The number of hydrogen-bond acceptors (Lipinski definition) is 1. The lowest BCUT2D eigenvalue weighted by Crippen LogP contribution is -2.43. The third-order valence-corrected chi connectivity index (χ3v) is 3.74. The van der Waals surface area contributed by atoms with Gasteiger partial charge in [0.1, 0.15) is 0 Å². The fraction of sp³-hybridized carbons (Fsp3) is 0.417. The standard InChI is InChI=1S/C12H12ClNO/c13-7-10-6-9-3-1-2-8-4-5-14(11(8)9)12(10)15/h1-3,6,8,11H,4-5,7H2. The highest BCUT2D eigenvalue weighted by molar-refractivity contribution is 6.23. The molecular weight excluding hydrogens is 210 g/mol. The number of carbonyl (C=O) groups is 1. The third-order valence-electron chi connectivity index (χ3n) is 3.45. The summed E-state index contributed by atoms with van der Waals surface area (Å²) in [5, 5.41) is 0. The fourth-order valence-corrected chi connectivity index (χ4v) is 2.95. The quantitative estimate of drug-likeness (QED) is 0.620. The van der Waals surface area contributed by atoms with E-state index >= 15 is 0 Å². The molecule has 0 bridgehead atoms. The Morgan fingerprint density at radius 1 is 1.53 bits per heavy atom. The van der Waals surface area contributed by atoms with Crippen molar-refractivity contribution >= 4 is 17.5 Å². The van der Waals surface area contributed by atoms with Gasteiger partial charge in [0.25, 0.3) is 5.91 Å². The van der Waals surface area contributed by atoms with E-state index in [0.717, 1.165) is 18.5 Å². The highest BCUT2D eigenvalue weighted by Crippen LogP contribution is 2.38. The van der Waals surface area contributed by atoms with Gasteiger partial charge in [-0.25, -0.2) is 0 Å². The molecule has 3 heteroatoms. The Balaban J connectivity index is 2.09. The van der Waals surface area contributed by atoms with E-state index in [0.29, 0.717) is 11.8 Å². The van der Waals surface area contributed by atoms with Crippen LogP contribution in [0.25, 0.3) is 0 Å². The highest BCUT2D eigenvalue weighted by Gasteiger charge is 2.41. The van der Waals surface area contributed by atoms with Crippen molar-refractivity contribution in [1.82, 2.24) is 4.90 Å². The Hall–Kier alpha value is -1.02. The molecule has 0 aromatic heterocycles. The molecule has 1 saturated heterocycles. The Labute approximate surface area is 93.9 Å². The van der Waals surface area contributed by atoms with Gasteiger partial charge in [0.15, 0.2) is 0 Å². The molecule has 1 aliphatic carbocycles. The minimum Gasteiger partial charge on any atom is -0.331 e. The molecule has 2 aliphatic heterocycles. The first-order valence-corrected chi connectivity index (χ1v) is 5.80. The zero-order valence-electron chi connectivity index (χ0n) is 8.32. The molecule has 2 atom stereocenters. The van der Waals surface area contributed by atoms with Gasteiger partial charge in [-0.05, 0) is 18.1 Å². The van der Waals surface area contributed by atoms with Crippen molar-refractivity contribution in [2.45, 2.75) is 12.5 Å². The zero-order valence-corrected chi connectivity index (χ0v) is 9.07. The first kappa shape index (κ1) is 9.22. The Morgan fingerprint density at radius 3 is 3.20 bits per heavy atom. The molecule has 15 heavy (non-hydrogen) atoms. The van der Waals surface area contributed by atoms with Gasteiger partial charge in [0, 0.05) is 18.0 Å². The van der Waals surface area contributed by atoms with Crippen molar-refractivity contribution in [3.8, 4) is 0 Å². The lowest BCUT2D eigenvalue weighted by molar-refractivity contribution is -0.127. The number of rotatable bonds is 1. The average molecular weight is 222 g/mol. The second-order valence-corrected chi connectivity index (χ2v) is 4.52. The van der Waals surface area contributed by atoms with Gasteiger partial charge in [-0.2, -0.15) is 0 Å². The van der Waals surface area contributed by atoms with Crippen LogP contribution in [0.3, 0.4) is 0 Å². The number of nitrogens with zero attached hydrogens (tertiary/aromatic N) is 1. The van der Waals surface area contributed by atoms with Gasteiger partial charge >= 0.3 is 0 Å². The van der Waals surface area contributed by atoms with E-state index in [4.69, 9.17) is 11.6 Å².